The second-order valence-electron chi connectivity index (χ2n) is 9.25. The van der Waals surface area contributed by atoms with E-state index in [-0.39, 0.29) is 28.6 Å². The van der Waals surface area contributed by atoms with Crippen molar-refractivity contribution < 1.29 is 9.32 Å². The number of nitrogens with zero attached hydrogens (tertiary/aromatic N) is 5. The molecule has 0 saturated carbocycles. The van der Waals surface area contributed by atoms with Crippen molar-refractivity contribution in [3.05, 3.63) is 69.4 Å². The minimum absolute atomic E-state index is 0.0824. The van der Waals surface area contributed by atoms with E-state index >= 15 is 0 Å². The van der Waals surface area contributed by atoms with E-state index in [4.69, 9.17) is 4.52 Å². The van der Waals surface area contributed by atoms with Crippen LogP contribution < -0.4 is 5.56 Å². The number of benzene rings is 1. The van der Waals surface area contributed by atoms with Crippen LogP contribution in [0.2, 0.25) is 0 Å². The monoisotopic (exact) mass is 461 g/mol. The molecule has 4 aromatic heterocycles. The highest BCUT2D eigenvalue weighted by Gasteiger charge is 2.27. The van der Waals surface area contributed by atoms with E-state index in [1.165, 1.54) is 11.3 Å². The normalized spacial score (nSPS) is 12.3. The minimum atomic E-state index is -0.327. The van der Waals surface area contributed by atoms with Gasteiger partial charge in [-0.15, -0.1) is 11.3 Å². The van der Waals surface area contributed by atoms with E-state index in [0.29, 0.717) is 32.4 Å². The Kier molecular flexibility index (Phi) is 4.82. The summed E-state index contributed by atoms with van der Waals surface area (Å²) in [6.07, 6.45) is 1.58. The maximum Gasteiger partial charge on any atom is 0.278 e. The number of carbonyl (C=O) groups excluding carboxylic acids is 1. The topological polar surface area (TPSA) is 95.3 Å². The molecule has 33 heavy (non-hydrogen) atoms. The molecule has 1 aromatic carbocycles. The summed E-state index contributed by atoms with van der Waals surface area (Å²) in [5.74, 6) is 0.654. The average Bonchev–Trinajstić information content (AvgIpc) is 3.50. The first-order chi connectivity index (χ1) is 15.7. The average molecular weight is 462 g/mol. The molecule has 4 heterocycles. The number of hydrogen-bond acceptors (Lipinski definition) is 7. The van der Waals surface area contributed by atoms with Crippen molar-refractivity contribution in [3.8, 4) is 11.5 Å². The summed E-state index contributed by atoms with van der Waals surface area (Å²) in [5, 5.41) is 4.08. The first kappa shape index (κ1) is 21.3. The summed E-state index contributed by atoms with van der Waals surface area (Å²) in [4.78, 5) is 37.0. The first-order valence-electron chi connectivity index (χ1n) is 10.7. The Bertz CT molecular complexity index is 1560. The fraction of sp³-hybridized carbons (Fsp3) is 0.292. The number of thiophene rings is 1. The summed E-state index contributed by atoms with van der Waals surface area (Å²) in [7, 11) is 0. The van der Waals surface area contributed by atoms with Crippen molar-refractivity contribution in [2.45, 2.75) is 46.1 Å². The molecule has 0 spiro atoms. The summed E-state index contributed by atoms with van der Waals surface area (Å²) >= 11 is 1.31. The number of fused-ring (bicyclic) bond motifs is 3. The van der Waals surface area contributed by atoms with Crippen LogP contribution in [0, 0.1) is 0 Å². The van der Waals surface area contributed by atoms with Gasteiger partial charge in [0.05, 0.1) is 10.4 Å². The molecular formula is C24H23N5O3S. The second-order valence-corrected chi connectivity index (χ2v) is 10.3. The smallest absolute Gasteiger partial charge is 0.278 e. The molecule has 5 aromatic rings. The van der Waals surface area contributed by atoms with E-state index in [0.717, 1.165) is 5.52 Å². The number of carbonyl (C=O) groups is 1. The molecule has 0 aliphatic rings. The number of rotatable bonds is 4. The van der Waals surface area contributed by atoms with Crippen molar-refractivity contribution in [1.29, 1.82) is 0 Å². The summed E-state index contributed by atoms with van der Waals surface area (Å²) in [5.41, 5.74) is 1.51. The Morgan fingerprint density at radius 3 is 2.52 bits per heavy atom. The van der Waals surface area contributed by atoms with E-state index < -0.39 is 0 Å². The van der Waals surface area contributed by atoms with Gasteiger partial charge in [-0.3, -0.25) is 18.6 Å². The van der Waals surface area contributed by atoms with E-state index in [1.807, 2.05) is 58.9 Å². The maximum atomic E-state index is 13.6. The molecule has 168 valence electrons. The Balaban J connectivity index is 1.77. The summed E-state index contributed by atoms with van der Waals surface area (Å²) in [6.45, 7) is 9.81. The van der Waals surface area contributed by atoms with Gasteiger partial charge in [0.2, 0.25) is 17.5 Å². The Hall–Kier alpha value is -3.59. The highest BCUT2D eigenvalue weighted by atomic mass is 32.1. The number of aromatic nitrogens is 5. The lowest BCUT2D eigenvalue weighted by molar-refractivity contribution is 0.104. The fourth-order valence-electron chi connectivity index (χ4n) is 3.76. The van der Waals surface area contributed by atoms with Crippen LogP contribution in [0.1, 0.15) is 61.8 Å². The Morgan fingerprint density at radius 1 is 1.15 bits per heavy atom. The van der Waals surface area contributed by atoms with Gasteiger partial charge < -0.3 is 4.52 Å². The highest BCUT2D eigenvalue weighted by Crippen LogP contribution is 2.31. The van der Waals surface area contributed by atoms with Crippen molar-refractivity contribution in [2.24, 2.45) is 0 Å². The lowest BCUT2D eigenvalue weighted by Crippen LogP contribution is -2.23. The SMILES string of the molecule is CC(C)n1c(=O)c2c(-c3noc(C(C)(C)C)n3)ncn2c2cc(C(=O)c3ccccc3)sc21. The molecule has 0 atom stereocenters. The van der Waals surface area contributed by atoms with Crippen molar-refractivity contribution in [2.75, 3.05) is 0 Å². The van der Waals surface area contributed by atoms with Crippen LogP contribution in [-0.4, -0.2) is 29.9 Å². The highest BCUT2D eigenvalue weighted by molar-refractivity contribution is 7.20. The molecular weight excluding hydrogens is 438 g/mol. The van der Waals surface area contributed by atoms with Gasteiger partial charge in [0.1, 0.15) is 22.4 Å². The maximum absolute atomic E-state index is 13.6. The van der Waals surface area contributed by atoms with Crippen molar-refractivity contribution >= 4 is 33.0 Å². The number of hydrogen-bond donors (Lipinski definition) is 0. The van der Waals surface area contributed by atoms with Gasteiger partial charge in [0.15, 0.2) is 0 Å². The van der Waals surface area contributed by atoms with Crippen LogP contribution in [0.25, 0.3) is 27.4 Å². The van der Waals surface area contributed by atoms with E-state index in [9.17, 15) is 9.59 Å². The van der Waals surface area contributed by atoms with Gasteiger partial charge in [0, 0.05) is 17.0 Å². The number of ketones is 1. The molecule has 9 heteroatoms. The molecule has 0 amide bonds. The van der Waals surface area contributed by atoms with E-state index in [2.05, 4.69) is 15.1 Å². The fourth-order valence-corrected chi connectivity index (χ4v) is 5.00. The third kappa shape index (κ3) is 3.39. The largest absolute Gasteiger partial charge is 0.338 e. The van der Waals surface area contributed by atoms with Crippen LogP contribution >= 0.6 is 11.3 Å². The zero-order chi connectivity index (χ0) is 23.5. The van der Waals surface area contributed by atoms with Crippen molar-refractivity contribution in [3.63, 3.8) is 0 Å². The van der Waals surface area contributed by atoms with Crippen molar-refractivity contribution in [1.82, 2.24) is 24.1 Å². The first-order valence-corrected chi connectivity index (χ1v) is 11.5. The van der Waals surface area contributed by atoms with Crippen LogP contribution in [0.15, 0.2) is 52.0 Å². The van der Waals surface area contributed by atoms with Gasteiger partial charge in [-0.05, 0) is 19.9 Å². The molecule has 0 saturated heterocycles. The standard InChI is InChI=1S/C24H23N5O3S/c1-13(2)29-21(31)18-17(20-26-23(32-27-20)24(3,4)5)25-12-28(18)15-11-16(33-22(15)29)19(30)14-9-7-6-8-10-14/h6-13H,1-5H3. The molecule has 8 nitrogen and oxygen atoms in total. The molecule has 0 bridgehead atoms. The van der Waals surface area contributed by atoms with Crippen LogP contribution in [0.3, 0.4) is 0 Å². The van der Waals surface area contributed by atoms with E-state index in [1.54, 1.807) is 27.4 Å². The Morgan fingerprint density at radius 2 is 1.88 bits per heavy atom. The van der Waals surface area contributed by atoms with Crippen LogP contribution in [-0.2, 0) is 5.41 Å². The predicted molar refractivity (Wildman–Crippen MR) is 127 cm³/mol. The minimum Gasteiger partial charge on any atom is -0.338 e. The molecule has 0 aliphatic heterocycles. The van der Waals surface area contributed by atoms with Gasteiger partial charge in [-0.1, -0.05) is 56.3 Å². The molecule has 0 fully saturated rings. The number of imidazole rings is 1. The summed E-state index contributed by atoms with van der Waals surface area (Å²) in [6, 6.07) is 10.8. The van der Waals surface area contributed by atoms with Gasteiger partial charge in [-0.2, -0.15) is 4.98 Å². The van der Waals surface area contributed by atoms with Gasteiger partial charge in [-0.25, -0.2) is 4.98 Å². The van der Waals surface area contributed by atoms with Gasteiger partial charge >= 0.3 is 0 Å². The molecule has 5 rings (SSSR count). The lowest BCUT2D eigenvalue weighted by atomic mass is 9.97. The van der Waals surface area contributed by atoms with Crippen LogP contribution in [0.4, 0.5) is 0 Å². The lowest BCUT2D eigenvalue weighted by Gasteiger charge is -2.12. The summed E-state index contributed by atoms with van der Waals surface area (Å²) < 4.78 is 8.85. The second kappa shape index (κ2) is 7.48. The zero-order valence-electron chi connectivity index (χ0n) is 19.0. The molecule has 0 N–H and O–H groups in total. The third-order valence-electron chi connectivity index (χ3n) is 5.42. The quantitative estimate of drug-likeness (QED) is 0.354. The Labute approximate surface area is 193 Å². The van der Waals surface area contributed by atoms with Crippen LogP contribution in [0.5, 0.6) is 0 Å². The molecule has 0 radical (unpaired) electrons. The van der Waals surface area contributed by atoms with Gasteiger partial charge in [0.25, 0.3) is 5.56 Å². The molecule has 0 aliphatic carbocycles. The zero-order valence-corrected chi connectivity index (χ0v) is 19.8. The third-order valence-corrected chi connectivity index (χ3v) is 6.54. The predicted octanol–water partition coefficient (Wildman–Crippen LogP) is 4.87. The molecule has 0 unspecified atom stereocenters.